The summed E-state index contributed by atoms with van der Waals surface area (Å²) in [7, 11) is 0. The third-order valence-electron chi connectivity index (χ3n) is 3.94. The van der Waals surface area contributed by atoms with Gasteiger partial charge in [-0.05, 0) is 30.7 Å². The molecule has 0 atom stereocenters. The van der Waals surface area contributed by atoms with Crippen molar-refractivity contribution in [2.75, 3.05) is 16.4 Å². The Morgan fingerprint density at radius 1 is 0.926 bits per heavy atom. The topological polar surface area (TPSA) is 107 Å². The van der Waals surface area contributed by atoms with Gasteiger partial charge in [0.2, 0.25) is 11.9 Å². The number of para-hydroxylation sites is 2. The molecule has 2 aromatic heterocycles. The van der Waals surface area contributed by atoms with E-state index in [1.807, 2.05) is 61.5 Å². The molecular weight excluding hydrogens is 340 g/mol. The molecule has 0 fully saturated rings. The lowest BCUT2D eigenvalue weighted by atomic mass is 10.2. The van der Waals surface area contributed by atoms with Crippen molar-refractivity contribution in [1.82, 2.24) is 24.7 Å². The Labute approximate surface area is 156 Å². The lowest BCUT2D eigenvalue weighted by Gasteiger charge is -2.07. The van der Waals surface area contributed by atoms with E-state index in [9.17, 15) is 0 Å². The van der Waals surface area contributed by atoms with Crippen LogP contribution in [0.15, 0.2) is 67.0 Å². The summed E-state index contributed by atoms with van der Waals surface area (Å²) in [6, 6.07) is 19.4. The van der Waals surface area contributed by atoms with Gasteiger partial charge in [-0.1, -0.05) is 36.4 Å². The Kier molecular flexibility index (Phi) is 4.36. The fourth-order valence-corrected chi connectivity index (χ4v) is 2.58. The van der Waals surface area contributed by atoms with Crippen molar-refractivity contribution in [2.45, 2.75) is 6.92 Å². The second-order valence-electron chi connectivity index (χ2n) is 5.90. The third-order valence-corrected chi connectivity index (χ3v) is 3.94. The molecule has 0 saturated heterocycles. The normalized spacial score (nSPS) is 10.6. The Hall–Kier alpha value is -3.94. The van der Waals surface area contributed by atoms with Crippen molar-refractivity contribution in [3.63, 3.8) is 0 Å². The highest BCUT2D eigenvalue weighted by Crippen LogP contribution is 2.21. The molecule has 4 N–H and O–H groups in total. The van der Waals surface area contributed by atoms with E-state index < -0.39 is 0 Å². The molecule has 0 aliphatic heterocycles. The largest absolute Gasteiger partial charge is 0.368 e. The lowest BCUT2D eigenvalue weighted by molar-refractivity contribution is 0.852. The fourth-order valence-electron chi connectivity index (χ4n) is 2.58. The zero-order valence-electron chi connectivity index (χ0n) is 14.7. The quantitative estimate of drug-likeness (QED) is 0.502. The number of nitrogen functional groups attached to an aromatic ring is 1. The minimum absolute atomic E-state index is 0.232. The molecule has 27 heavy (non-hydrogen) atoms. The predicted molar refractivity (Wildman–Crippen MR) is 106 cm³/mol. The molecule has 4 rings (SSSR count). The van der Waals surface area contributed by atoms with Crippen LogP contribution in [0.4, 0.5) is 29.1 Å². The van der Waals surface area contributed by atoms with Gasteiger partial charge >= 0.3 is 0 Å². The first kappa shape index (κ1) is 16.5. The molecule has 0 aliphatic carbocycles. The van der Waals surface area contributed by atoms with Crippen LogP contribution in [0.2, 0.25) is 0 Å². The van der Waals surface area contributed by atoms with E-state index in [0.29, 0.717) is 17.6 Å². The van der Waals surface area contributed by atoms with Crippen molar-refractivity contribution in [3.05, 3.63) is 72.6 Å². The average Bonchev–Trinajstić information content (AvgIpc) is 3.05. The van der Waals surface area contributed by atoms with Gasteiger partial charge in [0.15, 0.2) is 5.82 Å². The molecule has 0 radical (unpaired) electrons. The van der Waals surface area contributed by atoms with E-state index in [1.165, 1.54) is 11.0 Å². The number of hydrogen-bond acceptors (Lipinski definition) is 7. The number of nitrogens with zero attached hydrogens (tertiary/aromatic N) is 5. The summed E-state index contributed by atoms with van der Waals surface area (Å²) in [6.45, 7) is 2.01. The van der Waals surface area contributed by atoms with Crippen LogP contribution < -0.4 is 16.4 Å². The van der Waals surface area contributed by atoms with Crippen LogP contribution in [0.25, 0.3) is 5.82 Å². The fraction of sp³-hybridized carbons (Fsp3) is 0.0526. The highest BCUT2D eigenvalue weighted by atomic mass is 15.4. The molecule has 2 heterocycles. The van der Waals surface area contributed by atoms with Crippen LogP contribution in [0.3, 0.4) is 0 Å². The Morgan fingerprint density at radius 2 is 1.70 bits per heavy atom. The zero-order chi connectivity index (χ0) is 18.6. The van der Waals surface area contributed by atoms with Gasteiger partial charge < -0.3 is 16.4 Å². The summed E-state index contributed by atoms with van der Waals surface area (Å²) in [5.74, 6) is 1.79. The minimum atomic E-state index is 0.232. The van der Waals surface area contributed by atoms with E-state index in [2.05, 4.69) is 30.7 Å². The standard InChI is InChI=1S/C19H18N8/c1-13-7-5-6-10-15(13)24-19-25-18(20)27(26-19)17-11-16(21-12-22-17)23-14-8-3-2-4-9-14/h2-12H,1H3,(H,21,22,23)(H3,20,24,25,26). The Bertz CT molecular complexity index is 1060. The van der Waals surface area contributed by atoms with Gasteiger partial charge in [-0.3, -0.25) is 0 Å². The SMILES string of the molecule is Cc1ccccc1Nc1nc(N)n(-c2cc(Nc3ccccc3)ncn2)n1. The molecule has 0 unspecified atom stereocenters. The van der Waals surface area contributed by atoms with Crippen molar-refractivity contribution < 1.29 is 0 Å². The van der Waals surface area contributed by atoms with Crippen LogP contribution in [-0.2, 0) is 0 Å². The second kappa shape index (κ2) is 7.12. The molecule has 2 aromatic carbocycles. The first-order chi connectivity index (χ1) is 13.2. The predicted octanol–water partition coefficient (Wildman–Crippen LogP) is 3.44. The van der Waals surface area contributed by atoms with Crippen LogP contribution in [0.1, 0.15) is 5.56 Å². The van der Waals surface area contributed by atoms with Crippen LogP contribution >= 0.6 is 0 Å². The highest BCUT2D eigenvalue weighted by Gasteiger charge is 2.12. The van der Waals surface area contributed by atoms with E-state index in [1.54, 1.807) is 6.07 Å². The monoisotopic (exact) mass is 358 g/mol. The van der Waals surface area contributed by atoms with Crippen molar-refractivity contribution in [1.29, 1.82) is 0 Å². The summed E-state index contributed by atoms with van der Waals surface area (Å²) in [4.78, 5) is 12.8. The number of rotatable bonds is 5. The van der Waals surface area contributed by atoms with Crippen molar-refractivity contribution >= 4 is 29.1 Å². The number of hydrogen-bond donors (Lipinski definition) is 3. The molecular formula is C19H18N8. The molecule has 0 spiro atoms. The van der Waals surface area contributed by atoms with Gasteiger partial charge in [0.1, 0.15) is 12.1 Å². The smallest absolute Gasteiger partial charge is 0.248 e. The van der Waals surface area contributed by atoms with Gasteiger partial charge in [0.25, 0.3) is 0 Å². The van der Waals surface area contributed by atoms with E-state index in [0.717, 1.165) is 16.9 Å². The van der Waals surface area contributed by atoms with E-state index in [4.69, 9.17) is 5.73 Å². The highest BCUT2D eigenvalue weighted by molar-refractivity contribution is 5.60. The van der Waals surface area contributed by atoms with E-state index >= 15 is 0 Å². The van der Waals surface area contributed by atoms with Crippen LogP contribution in [0, 0.1) is 6.92 Å². The van der Waals surface area contributed by atoms with Crippen LogP contribution in [-0.4, -0.2) is 24.7 Å². The van der Waals surface area contributed by atoms with Crippen molar-refractivity contribution in [3.8, 4) is 5.82 Å². The molecule has 134 valence electrons. The summed E-state index contributed by atoms with van der Waals surface area (Å²) in [5, 5.41) is 10.8. The first-order valence-corrected chi connectivity index (χ1v) is 8.39. The molecule has 0 aliphatic rings. The molecule has 0 saturated carbocycles. The van der Waals surface area contributed by atoms with Gasteiger partial charge in [0, 0.05) is 17.4 Å². The maximum absolute atomic E-state index is 6.04. The molecule has 8 nitrogen and oxygen atoms in total. The number of benzene rings is 2. The van der Waals surface area contributed by atoms with Crippen LogP contribution in [0.5, 0.6) is 0 Å². The van der Waals surface area contributed by atoms with Crippen molar-refractivity contribution in [2.24, 2.45) is 0 Å². The van der Waals surface area contributed by atoms with Gasteiger partial charge in [-0.15, -0.1) is 5.10 Å². The maximum Gasteiger partial charge on any atom is 0.248 e. The molecule has 0 bridgehead atoms. The second-order valence-corrected chi connectivity index (χ2v) is 5.90. The Morgan fingerprint density at radius 3 is 2.52 bits per heavy atom. The van der Waals surface area contributed by atoms with Gasteiger partial charge in [0.05, 0.1) is 0 Å². The molecule has 8 heteroatoms. The zero-order valence-corrected chi connectivity index (χ0v) is 14.7. The number of nitrogens with one attached hydrogen (secondary N) is 2. The number of aromatic nitrogens is 5. The molecule has 4 aromatic rings. The van der Waals surface area contributed by atoms with Gasteiger partial charge in [-0.25, -0.2) is 9.97 Å². The summed E-state index contributed by atoms with van der Waals surface area (Å²) < 4.78 is 1.47. The number of nitrogens with two attached hydrogens (primary N) is 1. The summed E-state index contributed by atoms with van der Waals surface area (Å²) in [6.07, 6.45) is 1.45. The van der Waals surface area contributed by atoms with Gasteiger partial charge in [-0.2, -0.15) is 9.67 Å². The van der Waals surface area contributed by atoms with E-state index in [-0.39, 0.29) is 5.95 Å². The first-order valence-electron chi connectivity index (χ1n) is 8.39. The maximum atomic E-state index is 6.04. The average molecular weight is 358 g/mol. The Balaban J connectivity index is 1.59. The minimum Gasteiger partial charge on any atom is -0.368 e. The third kappa shape index (κ3) is 3.69. The number of aryl methyl sites for hydroxylation is 1. The lowest BCUT2D eigenvalue weighted by Crippen LogP contribution is -2.06. The summed E-state index contributed by atoms with van der Waals surface area (Å²) >= 11 is 0. The summed E-state index contributed by atoms with van der Waals surface area (Å²) in [5.41, 5.74) is 8.97. The number of anilines is 5. The molecule has 0 amide bonds.